The molecule has 0 aliphatic heterocycles. The number of benzene rings is 2. The van der Waals surface area contributed by atoms with Crippen LogP contribution in [0.2, 0.25) is 0 Å². The van der Waals surface area contributed by atoms with Crippen LogP contribution in [0.4, 0.5) is 5.69 Å². The lowest BCUT2D eigenvalue weighted by Gasteiger charge is -2.19. The number of rotatable bonds is 7. The number of carbonyl (C=O) groups is 2. The van der Waals surface area contributed by atoms with E-state index in [1.807, 2.05) is 43.3 Å². The summed E-state index contributed by atoms with van der Waals surface area (Å²) in [4.78, 5) is 24.2. The lowest BCUT2D eigenvalue weighted by Crippen LogP contribution is -2.26. The molecule has 2 amide bonds. The lowest BCUT2D eigenvalue weighted by molar-refractivity contribution is -0.123. The molecule has 6 heteroatoms. The summed E-state index contributed by atoms with van der Waals surface area (Å²) in [6.45, 7) is 3.56. The maximum Gasteiger partial charge on any atom is 0.277 e. The highest BCUT2D eigenvalue weighted by molar-refractivity contribution is 6.06. The Bertz CT molecular complexity index is 904. The largest absolute Gasteiger partial charge is 0.484 e. The molecule has 0 fully saturated rings. The van der Waals surface area contributed by atoms with Crippen molar-refractivity contribution in [3.8, 4) is 5.75 Å². The fourth-order valence-electron chi connectivity index (χ4n) is 3.34. The highest BCUT2D eigenvalue weighted by Gasteiger charge is 2.14. The van der Waals surface area contributed by atoms with Gasteiger partial charge >= 0.3 is 0 Å². The lowest BCUT2D eigenvalue weighted by atomic mass is 9.90. The van der Waals surface area contributed by atoms with Gasteiger partial charge in [0.25, 0.3) is 5.91 Å². The van der Waals surface area contributed by atoms with Crippen LogP contribution in [-0.4, -0.2) is 24.1 Å². The van der Waals surface area contributed by atoms with Gasteiger partial charge in [0.15, 0.2) is 6.61 Å². The Hall–Kier alpha value is -3.15. The van der Waals surface area contributed by atoms with Crippen molar-refractivity contribution in [2.24, 2.45) is 5.10 Å². The summed E-state index contributed by atoms with van der Waals surface area (Å²) in [6.07, 6.45) is 4.52. The molecule has 2 aromatic carbocycles. The third kappa shape index (κ3) is 6.17. The molecule has 29 heavy (non-hydrogen) atoms. The third-order valence-electron chi connectivity index (χ3n) is 4.85. The third-order valence-corrected chi connectivity index (χ3v) is 4.85. The number of ether oxygens (including phenoxy) is 1. The van der Waals surface area contributed by atoms with E-state index in [1.54, 1.807) is 6.92 Å². The zero-order chi connectivity index (χ0) is 20.6. The van der Waals surface area contributed by atoms with Crippen LogP contribution in [0.25, 0.3) is 0 Å². The van der Waals surface area contributed by atoms with E-state index in [4.69, 9.17) is 4.74 Å². The number of carbonyl (C=O) groups excluding carboxylic acids is 2. The minimum atomic E-state index is -0.373. The van der Waals surface area contributed by atoms with Crippen molar-refractivity contribution in [3.63, 3.8) is 0 Å². The van der Waals surface area contributed by atoms with Gasteiger partial charge in [-0.1, -0.05) is 29.8 Å². The van der Waals surface area contributed by atoms with Crippen LogP contribution in [0.15, 0.2) is 47.6 Å². The van der Waals surface area contributed by atoms with E-state index in [9.17, 15) is 9.59 Å². The smallest absolute Gasteiger partial charge is 0.277 e. The van der Waals surface area contributed by atoms with Gasteiger partial charge in [-0.15, -0.1) is 0 Å². The molecule has 3 rings (SSSR count). The van der Waals surface area contributed by atoms with Crippen LogP contribution in [0.3, 0.4) is 0 Å². The summed E-state index contributed by atoms with van der Waals surface area (Å²) < 4.78 is 5.41. The molecule has 1 aliphatic rings. The number of nitrogens with zero attached hydrogens (tertiary/aromatic N) is 1. The number of fused-ring (bicyclic) bond motifs is 1. The maximum absolute atomic E-state index is 12.4. The molecular formula is C23H27N3O3. The first-order valence-electron chi connectivity index (χ1n) is 9.93. The summed E-state index contributed by atoms with van der Waals surface area (Å²) in [5.41, 5.74) is 7.52. The standard InChI is InChI=1S/C23H27N3O3/c1-16-10-12-19(13-11-16)29-15-23(28)26-25-17(2)14-22(27)24-21-9-5-7-18-6-3-4-8-20(18)21/h5,7,9-13H,3-4,6,8,14-15H2,1-2H3,(H,24,27)(H,26,28)/b25-17+. The second kappa shape index (κ2) is 9.87. The zero-order valence-corrected chi connectivity index (χ0v) is 17.0. The van der Waals surface area contributed by atoms with Crippen molar-refractivity contribution in [2.75, 3.05) is 11.9 Å². The number of aryl methyl sites for hydroxylation is 2. The number of amides is 2. The van der Waals surface area contributed by atoms with Gasteiger partial charge in [0.1, 0.15) is 5.75 Å². The number of hydrogen-bond donors (Lipinski definition) is 2. The zero-order valence-electron chi connectivity index (χ0n) is 17.0. The van der Waals surface area contributed by atoms with Crippen molar-refractivity contribution in [1.82, 2.24) is 5.43 Å². The topological polar surface area (TPSA) is 79.8 Å². The average Bonchev–Trinajstić information content (AvgIpc) is 2.72. The molecule has 0 bridgehead atoms. The Kier molecular flexibility index (Phi) is 7.00. The Balaban J connectivity index is 1.46. The summed E-state index contributed by atoms with van der Waals surface area (Å²) in [5, 5.41) is 6.98. The quantitative estimate of drug-likeness (QED) is 0.555. The molecule has 2 aromatic rings. The molecule has 0 spiro atoms. The molecule has 0 saturated carbocycles. The molecular weight excluding hydrogens is 366 g/mol. The molecule has 152 valence electrons. The Labute approximate surface area is 171 Å². The number of nitrogens with one attached hydrogen (secondary N) is 2. The maximum atomic E-state index is 12.4. The van der Waals surface area contributed by atoms with E-state index in [2.05, 4.69) is 21.9 Å². The minimum absolute atomic E-state index is 0.114. The molecule has 0 saturated heterocycles. The van der Waals surface area contributed by atoms with Gasteiger partial charge < -0.3 is 10.1 Å². The van der Waals surface area contributed by atoms with Gasteiger partial charge in [-0.25, -0.2) is 5.43 Å². The fraction of sp³-hybridized carbons (Fsp3) is 0.348. The number of hydrazone groups is 1. The van der Waals surface area contributed by atoms with Gasteiger partial charge in [-0.3, -0.25) is 9.59 Å². The van der Waals surface area contributed by atoms with Crippen LogP contribution in [0.5, 0.6) is 5.75 Å². The number of hydrogen-bond acceptors (Lipinski definition) is 4. The Morgan fingerprint density at radius 3 is 2.59 bits per heavy atom. The highest BCUT2D eigenvalue weighted by atomic mass is 16.5. The molecule has 0 atom stereocenters. The summed E-state index contributed by atoms with van der Waals surface area (Å²) >= 11 is 0. The molecule has 0 radical (unpaired) electrons. The van der Waals surface area contributed by atoms with E-state index in [-0.39, 0.29) is 24.8 Å². The first-order valence-corrected chi connectivity index (χ1v) is 9.93. The van der Waals surface area contributed by atoms with E-state index >= 15 is 0 Å². The Morgan fingerprint density at radius 2 is 1.79 bits per heavy atom. The van der Waals surface area contributed by atoms with E-state index in [0.717, 1.165) is 30.5 Å². The Morgan fingerprint density at radius 1 is 1.03 bits per heavy atom. The molecule has 0 heterocycles. The molecule has 1 aliphatic carbocycles. The van der Waals surface area contributed by atoms with Gasteiger partial charge in [0.05, 0.1) is 6.42 Å². The van der Waals surface area contributed by atoms with Crippen molar-refractivity contribution in [1.29, 1.82) is 0 Å². The van der Waals surface area contributed by atoms with Gasteiger partial charge in [-0.05, 0) is 68.9 Å². The SMILES string of the molecule is C/C(CC(=O)Nc1cccc2c1CCCC2)=N\NC(=O)COc1ccc(C)cc1. The summed E-state index contributed by atoms with van der Waals surface area (Å²) in [7, 11) is 0. The predicted octanol–water partition coefficient (Wildman–Crippen LogP) is 3.77. The van der Waals surface area contributed by atoms with Gasteiger partial charge in [-0.2, -0.15) is 5.10 Å². The van der Waals surface area contributed by atoms with Crippen molar-refractivity contribution < 1.29 is 14.3 Å². The predicted molar refractivity (Wildman–Crippen MR) is 114 cm³/mol. The van der Waals surface area contributed by atoms with Crippen molar-refractivity contribution in [2.45, 2.75) is 46.0 Å². The average molecular weight is 393 g/mol. The summed E-state index contributed by atoms with van der Waals surface area (Å²) in [6, 6.07) is 13.5. The second-order valence-corrected chi connectivity index (χ2v) is 7.36. The molecule has 2 N–H and O–H groups in total. The normalized spacial score (nSPS) is 13.4. The van der Waals surface area contributed by atoms with Crippen LogP contribution in [0, 0.1) is 6.92 Å². The van der Waals surface area contributed by atoms with E-state index in [1.165, 1.54) is 17.5 Å². The van der Waals surface area contributed by atoms with Gasteiger partial charge in [0.2, 0.25) is 5.91 Å². The molecule has 0 aromatic heterocycles. The fourth-order valence-corrected chi connectivity index (χ4v) is 3.34. The summed E-state index contributed by atoms with van der Waals surface area (Å²) in [5.74, 6) is 0.106. The van der Waals surface area contributed by atoms with Crippen LogP contribution < -0.4 is 15.5 Å². The number of anilines is 1. The first-order chi connectivity index (χ1) is 14.0. The molecule has 0 unspecified atom stereocenters. The monoisotopic (exact) mass is 393 g/mol. The highest BCUT2D eigenvalue weighted by Crippen LogP contribution is 2.27. The van der Waals surface area contributed by atoms with Crippen LogP contribution in [0.1, 0.15) is 42.9 Å². The first kappa shape index (κ1) is 20.6. The minimum Gasteiger partial charge on any atom is -0.484 e. The van der Waals surface area contributed by atoms with E-state index < -0.39 is 0 Å². The van der Waals surface area contributed by atoms with Crippen LogP contribution in [-0.2, 0) is 22.4 Å². The second-order valence-electron chi connectivity index (χ2n) is 7.36. The van der Waals surface area contributed by atoms with Crippen LogP contribution >= 0.6 is 0 Å². The van der Waals surface area contributed by atoms with Crippen molar-refractivity contribution >= 4 is 23.2 Å². The van der Waals surface area contributed by atoms with Crippen molar-refractivity contribution in [3.05, 3.63) is 59.2 Å². The van der Waals surface area contributed by atoms with E-state index in [0.29, 0.717) is 11.5 Å². The van der Waals surface area contributed by atoms with Gasteiger partial charge in [0, 0.05) is 11.4 Å². The molecule has 6 nitrogen and oxygen atoms in total.